The Morgan fingerprint density at radius 3 is 2.35 bits per heavy atom. The van der Waals surface area contributed by atoms with Crippen LogP contribution < -0.4 is 10.9 Å². The van der Waals surface area contributed by atoms with Crippen molar-refractivity contribution in [1.29, 1.82) is 0 Å². The van der Waals surface area contributed by atoms with E-state index >= 15 is 0 Å². The van der Waals surface area contributed by atoms with Gasteiger partial charge in [0.2, 0.25) is 15.8 Å². The molecule has 17 heavy (non-hydrogen) atoms. The minimum Gasteiger partial charge on any atom is -0.362 e. The second-order valence-electron chi connectivity index (χ2n) is 2.88. The molecule has 1 aromatic heterocycles. The number of pyridine rings is 1. The molecule has 1 aromatic rings. The summed E-state index contributed by atoms with van der Waals surface area (Å²) in [4.78, 5) is 11.3. The lowest BCUT2D eigenvalue weighted by Gasteiger charge is -2.06. The first kappa shape index (κ1) is 13.2. The number of hydrogen-bond acceptors (Lipinski definition) is 6. The zero-order valence-corrected chi connectivity index (χ0v) is 8.82. The van der Waals surface area contributed by atoms with Gasteiger partial charge in [0.15, 0.2) is 0 Å². The quantitative estimate of drug-likeness (QED) is 0.590. The van der Waals surface area contributed by atoms with Crippen molar-refractivity contribution in [2.75, 3.05) is 5.73 Å². The van der Waals surface area contributed by atoms with Crippen molar-refractivity contribution in [2.45, 2.75) is 11.3 Å². The summed E-state index contributed by atoms with van der Waals surface area (Å²) in [5, 5.41) is 15.0. The van der Waals surface area contributed by atoms with Gasteiger partial charge in [0, 0.05) is 0 Å². The van der Waals surface area contributed by atoms with Gasteiger partial charge < -0.3 is 15.8 Å². The summed E-state index contributed by atoms with van der Waals surface area (Å²) in [7, 11) is -4.56. The smallest absolute Gasteiger partial charge is 0.362 e. The van der Waals surface area contributed by atoms with Crippen LogP contribution in [0.25, 0.3) is 0 Å². The largest absolute Gasteiger partial charge is 0.367 e. The molecule has 0 saturated heterocycles. The number of nitrogens with zero attached hydrogens (tertiary/aromatic N) is 2. The standard InChI is InChI=1S/C6H6F2N4O4S/c7-5(8)4-2(17(10,15)16)1-3(12(13)14)11-6(4)9/h1,5H,(H2,9,11)(H2,10,15,16). The zero-order valence-electron chi connectivity index (χ0n) is 8.00. The van der Waals surface area contributed by atoms with Crippen LogP contribution in [-0.2, 0) is 10.0 Å². The number of aromatic nitrogens is 1. The molecule has 8 nitrogen and oxygen atoms in total. The lowest BCUT2D eigenvalue weighted by molar-refractivity contribution is -0.389. The molecule has 0 radical (unpaired) electrons. The van der Waals surface area contributed by atoms with E-state index in [1.165, 1.54) is 0 Å². The van der Waals surface area contributed by atoms with Crippen molar-refractivity contribution in [1.82, 2.24) is 4.98 Å². The average Bonchev–Trinajstić information content (AvgIpc) is 2.14. The molecular weight excluding hydrogens is 262 g/mol. The molecule has 4 N–H and O–H groups in total. The molecule has 94 valence electrons. The molecule has 0 saturated carbocycles. The number of alkyl halides is 2. The summed E-state index contributed by atoms with van der Waals surface area (Å²) in [6.07, 6.45) is -3.27. The second kappa shape index (κ2) is 4.18. The molecule has 0 aromatic carbocycles. The van der Waals surface area contributed by atoms with Crippen LogP contribution >= 0.6 is 0 Å². The number of rotatable bonds is 3. The maximum Gasteiger partial charge on any atom is 0.367 e. The maximum absolute atomic E-state index is 12.5. The Morgan fingerprint density at radius 2 is 2.00 bits per heavy atom. The van der Waals surface area contributed by atoms with Crippen LogP contribution in [0.4, 0.5) is 20.4 Å². The van der Waals surface area contributed by atoms with E-state index in [-0.39, 0.29) is 0 Å². The van der Waals surface area contributed by atoms with E-state index in [9.17, 15) is 27.3 Å². The highest BCUT2D eigenvalue weighted by atomic mass is 32.2. The molecule has 0 aliphatic carbocycles. The van der Waals surface area contributed by atoms with Gasteiger partial charge >= 0.3 is 5.82 Å². The highest BCUT2D eigenvalue weighted by Gasteiger charge is 2.30. The lowest BCUT2D eigenvalue weighted by Crippen LogP contribution is -2.17. The predicted molar refractivity (Wildman–Crippen MR) is 51.6 cm³/mol. The number of hydrogen-bond donors (Lipinski definition) is 2. The molecule has 1 rings (SSSR count). The Morgan fingerprint density at radius 1 is 1.47 bits per heavy atom. The molecule has 0 fully saturated rings. The molecule has 0 amide bonds. The van der Waals surface area contributed by atoms with Gasteiger partial charge in [-0.3, -0.25) is 0 Å². The van der Waals surface area contributed by atoms with E-state index < -0.39 is 43.5 Å². The van der Waals surface area contributed by atoms with Crippen molar-refractivity contribution < 1.29 is 22.1 Å². The first-order chi connectivity index (χ1) is 7.64. The fourth-order valence-corrected chi connectivity index (χ4v) is 1.86. The molecule has 0 atom stereocenters. The Bertz CT molecular complexity index is 574. The predicted octanol–water partition coefficient (Wildman–Crippen LogP) is 0.157. The molecule has 11 heteroatoms. The normalized spacial score (nSPS) is 11.8. The van der Waals surface area contributed by atoms with Crippen molar-refractivity contribution >= 4 is 21.7 Å². The fourth-order valence-electron chi connectivity index (χ4n) is 1.09. The maximum atomic E-state index is 12.5. The SMILES string of the molecule is Nc1nc([N+](=O)[O-])cc(S(N)(=O)=O)c1C(F)F. The monoisotopic (exact) mass is 268 g/mol. The summed E-state index contributed by atoms with van der Waals surface area (Å²) >= 11 is 0. The molecule has 1 heterocycles. The van der Waals surface area contributed by atoms with E-state index in [1.54, 1.807) is 0 Å². The van der Waals surface area contributed by atoms with Gasteiger partial charge in [-0.1, -0.05) is 0 Å². The van der Waals surface area contributed by atoms with Gasteiger partial charge in [-0.15, -0.1) is 0 Å². The number of nitrogen functional groups attached to an aromatic ring is 1. The topological polar surface area (TPSA) is 142 Å². The number of nitro groups is 1. The number of halogens is 2. The fraction of sp³-hybridized carbons (Fsp3) is 0.167. The van der Waals surface area contributed by atoms with Crippen LogP contribution in [0.15, 0.2) is 11.0 Å². The van der Waals surface area contributed by atoms with Gasteiger partial charge in [-0.2, -0.15) is 0 Å². The highest BCUT2D eigenvalue weighted by Crippen LogP contribution is 2.32. The summed E-state index contributed by atoms with van der Waals surface area (Å²) < 4.78 is 47.1. The Kier molecular flexibility index (Phi) is 3.24. The summed E-state index contributed by atoms with van der Waals surface area (Å²) in [5.74, 6) is -1.92. The third kappa shape index (κ3) is 2.62. The number of anilines is 1. The summed E-state index contributed by atoms with van der Waals surface area (Å²) in [5.41, 5.74) is 3.90. The van der Waals surface area contributed by atoms with Crippen molar-refractivity contribution in [3.8, 4) is 0 Å². The third-order valence-corrected chi connectivity index (χ3v) is 2.70. The second-order valence-corrected chi connectivity index (χ2v) is 4.41. The van der Waals surface area contributed by atoms with E-state index in [4.69, 9.17) is 5.73 Å². The third-order valence-electron chi connectivity index (χ3n) is 1.75. The van der Waals surface area contributed by atoms with Crippen LogP contribution in [0.1, 0.15) is 12.0 Å². The van der Waals surface area contributed by atoms with Crippen molar-refractivity contribution in [3.05, 3.63) is 21.7 Å². The number of nitrogens with two attached hydrogens (primary N) is 2. The van der Waals surface area contributed by atoms with Gasteiger partial charge in [-0.05, 0) is 9.91 Å². The van der Waals surface area contributed by atoms with Crippen LogP contribution in [0.5, 0.6) is 0 Å². The van der Waals surface area contributed by atoms with Gasteiger partial charge in [-0.25, -0.2) is 22.3 Å². The molecular formula is C6H6F2N4O4S. The Balaban J connectivity index is 3.69. The summed E-state index contributed by atoms with van der Waals surface area (Å²) in [6, 6.07) is 0.340. The average molecular weight is 268 g/mol. The van der Waals surface area contributed by atoms with Crippen molar-refractivity contribution in [3.63, 3.8) is 0 Å². The van der Waals surface area contributed by atoms with Crippen LogP contribution in [0.2, 0.25) is 0 Å². The Labute approximate surface area is 93.4 Å². The van der Waals surface area contributed by atoms with E-state index in [0.29, 0.717) is 6.07 Å². The van der Waals surface area contributed by atoms with Crippen molar-refractivity contribution in [2.24, 2.45) is 5.14 Å². The van der Waals surface area contributed by atoms with Crippen LogP contribution in [0.3, 0.4) is 0 Å². The van der Waals surface area contributed by atoms with E-state index in [0.717, 1.165) is 0 Å². The zero-order chi connectivity index (χ0) is 13.4. The number of sulfonamides is 1. The van der Waals surface area contributed by atoms with Gasteiger partial charge in [0.1, 0.15) is 10.5 Å². The van der Waals surface area contributed by atoms with Gasteiger partial charge in [0.25, 0.3) is 6.43 Å². The molecule has 0 unspecified atom stereocenters. The highest BCUT2D eigenvalue weighted by molar-refractivity contribution is 7.89. The molecule has 0 spiro atoms. The van der Waals surface area contributed by atoms with Crippen LogP contribution in [-0.4, -0.2) is 18.3 Å². The molecule has 0 bridgehead atoms. The molecule has 0 aliphatic rings. The minimum absolute atomic E-state index is 0.340. The van der Waals surface area contributed by atoms with Crippen LogP contribution in [0, 0.1) is 10.1 Å². The first-order valence-electron chi connectivity index (χ1n) is 3.90. The number of primary sulfonamides is 1. The van der Waals surface area contributed by atoms with E-state index in [1.807, 2.05) is 0 Å². The van der Waals surface area contributed by atoms with E-state index in [2.05, 4.69) is 10.1 Å². The summed E-state index contributed by atoms with van der Waals surface area (Å²) in [6.45, 7) is 0. The lowest BCUT2D eigenvalue weighted by atomic mass is 10.2. The molecule has 0 aliphatic heterocycles. The van der Waals surface area contributed by atoms with Gasteiger partial charge in [0.05, 0.1) is 6.07 Å². The first-order valence-corrected chi connectivity index (χ1v) is 5.45. The Hall–Kier alpha value is -1.88. The minimum atomic E-state index is -4.56.